The Bertz CT molecular complexity index is 594. The normalized spacial score (nSPS) is 10.8. The molecule has 0 spiro atoms. The summed E-state index contributed by atoms with van der Waals surface area (Å²) >= 11 is 0. The van der Waals surface area contributed by atoms with E-state index in [4.69, 9.17) is 0 Å². The molecule has 0 atom stereocenters. The lowest BCUT2D eigenvalue weighted by Crippen LogP contribution is -2.12. The SMILES string of the molecule is CCNCc1ccc(-c2c(C)cc(C)cc2C)cc1F. The van der Waals surface area contributed by atoms with Crippen LogP contribution in [-0.4, -0.2) is 6.54 Å². The van der Waals surface area contributed by atoms with Gasteiger partial charge in [-0.1, -0.05) is 36.8 Å². The zero-order valence-electron chi connectivity index (χ0n) is 12.7. The number of nitrogens with one attached hydrogen (secondary N) is 1. The Hall–Kier alpha value is -1.67. The van der Waals surface area contributed by atoms with Crippen molar-refractivity contribution in [3.63, 3.8) is 0 Å². The van der Waals surface area contributed by atoms with Crippen LogP contribution in [0.4, 0.5) is 4.39 Å². The highest BCUT2D eigenvalue weighted by molar-refractivity contribution is 5.71. The molecule has 0 radical (unpaired) electrons. The zero-order chi connectivity index (χ0) is 14.7. The summed E-state index contributed by atoms with van der Waals surface area (Å²) in [5.41, 5.74) is 6.45. The van der Waals surface area contributed by atoms with Crippen LogP contribution in [-0.2, 0) is 6.54 Å². The standard InChI is InChI=1S/C18H22FN/c1-5-20-11-16-7-6-15(10-17(16)19)18-13(3)8-12(2)9-14(18)4/h6-10,20H,5,11H2,1-4H3. The van der Waals surface area contributed by atoms with Crippen molar-refractivity contribution in [2.45, 2.75) is 34.2 Å². The Labute approximate surface area is 120 Å². The molecule has 0 saturated carbocycles. The van der Waals surface area contributed by atoms with Gasteiger partial charge in [-0.05, 0) is 55.6 Å². The van der Waals surface area contributed by atoms with E-state index in [2.05, 4.69) is 38.2 Å². The molecule has 2 aromatic rings. The van der Waals surface area contributed by atoms with E-state index in [0.29, 0.717) is 6.54 Å². The van der Waals surface area contributed by atoms with Gasteiger partial charge < -0.3 is 5.32 Å². The van der Waals surface area contributed by atoms with E-state index in [1.807, 2.05) is 19.1 Å². The third kappa shape index (κ3) is 3.07. The van der Waals surface area contributed by atoms with Gasteiger partial charge >= 0.3 is 0 Å². The second kappa shape index (κ2) is 6.19. The van der Waals surface area contributed by atoms with Gasteiger partial charge in [0.05, 0.1) is 0 Å². The topological polar surface area (TPSA) is 12.0 Å². The number of hydrogen-bond acceptors (Lipinski definition) is 1. The maximum Gasteiger partial charge on any atom is 0.128 e. The van der Waals surface area contributed by atoms with Crippen LogP contribution in [0.5, 0.6) is 0 Å². The van der Waals surface area contributed by atoms with Crippen LogP contribution in [0.25, 0.3) is 11.1 Å². The van der Waals surface area contributed by atoms with Gasteiger partial charge in [-0.3, -0.25) is 0 Å². The lowest BCUT2D eigenvalue weighted by atomic mass is 9.93. The zero-order valence-corrected chi connectivity index (χ0v) is 12.7. The van der Waals surface area contributed by atoms with Gasteiger partial charge in [-0.2, -0.15) is 0 Å². The number of benzene rings is 2. The lowest BCUT2D eigenvalue weighted by Gasteiger charge is -2.13. The minimum absolute atomic E-state index is 0.136. The Kier molecular flexibility index (Phi) is 4.56. The van der Waals surface area contributed by atoms with Crippen molar-refractivity contribution in [2.75, 3.05) is 6.54 Å². The highest BCUT2D eigenvalue weighted by atomic mass is 19.1. The molecule has 0 aliphatic heterocycles. The van der Waals surface area contributed by atoms with Gasteiger partial charge in [0.25, 0.3) is 0 Å². The first-order chi connectivity index (χ1) is 9.52. The fourth-order valence-electron chi connectivity index (χ4n) is 2.74. The van der Waals surface area contributed by atoms with Crippen molar-refractivity contribution >= 4 is 0 Å². The van der Waals surface area contributed by atoms with Gasteiger partial charge in [0.2, 0.25) is 0 Å². The van der Waals surface area contributed by atoms with Crippen LogP contribution in [0, 0.1) is 26.6 Å². The molecular formula is C18H22FN. The summed E-state index contributed by atoms with van der Waals surface area (Å²) in [4.78, 5) is 0. The molecule has 0 fully saturated rings. The summed E-state index contributed by atoms with van der Waals surface area (Å²) in [7, 11) is 0. The van der Waals surface area contributed by atoms with Crippen molar-refractivity contribution in [3.05, 3.63) is 58.4 Å². The second-order valence-electron chi connectivity index (χ2n) is 5.36. The van der Waals surface area contributed by atoms with Crippen LogP contribution >= 0.6 is 0 Å². The van der Waals surface area contributed by atoms with Crippen molar-refractivity contribution in [1.82, 2.24) is 5.32 Å². The molecule has 2 rings (SSSR count). The Morgan fingerprint density at radius 1 is 1.00 bits per heavy atom. The molecule has 1 N–H and O–H groups in total. The number of aryl methyl sites for hydroxylation is 3. The van der Waals surface area contributed by atoms with E-state index in [9.17, 15) is 4.39 Å². The molecule has 106 valence electrons. The molecule has 0 aliphatic rings. The molecule has 2 heteroatoms. The summed E-state index contributed by atoms with van der Waals surface area (Å²) in [6.07, 6.45) is 0. The van der Waals surface area contributed by atoms with Gasteiger partial charge in [0.1, 0.15) is 5.82 Å². The minimum atomic E-state index is -0.136. The third-order valence-electron chi connectivity index (χ3n) is 3.58. The highest BCUT2D eigenvalue weighted by Gasteiger charge is 2.09. The summed E-state index contributed by atoms with van der Waals surface area (Å²) in [5, 5.41) is 3.15. The van der Waals surface area contributed by atoms with Crippen molar-refractivity contribution in [2.24, 2.45) is 0 Å². The average Bonchev–Trinajstić information content (AvgIpc) is 2.36. The van der Waals surface area contributed by atoms with E-state index in [-0.39, 0.29) is 5.82 Å². The maximum absolute atomic E-state index is 14.2. The van der Waals surface area contributed by atoms with Gasteiger partial charge in [-0.15, -0.1) is 0 Å². The number of rotatable bonds is 4. The van der Waals surface area contributed by atoms with Crippen LogP contribution in [0.1, 0.15) is 29.2 Å². The molecule has 0 aromatic heterocycles. The lowest BCUT2D eigenvalue weighted by molar-refractivity contribution is 0.594. The molecular weight excluding hydrogens is 249 g/mol. The van der Waals surface area contributed by atoms with Gasteiger partial charge in [0, 0.05) is 12.1 Å². The molecule has 0 saturated heterocycles. The molecule has 0 amide bonds. The first-order valence-corrected chi connectivity index (χ1v) is 7.10. The molecule has 2 aromatic carbocycles. The molecule has 0 unspecified atom stereocenters. The Morgan fingerprint density at radius 2 is 1.65 bits per heavy atom. The summed E-state index contributed by atoms with van der Waals surface area (Å²) in [6, 6.07) is 9.84. The van der Waals surface area contributed by atoms with Crippen molar-refractivity contribution in [1.29, 1.82) is 0 Å². The van der Waals surface area contributed by atoms with E-state index in [1.54, 1.807) is 6.07 Å². The first kappa shape index (κ1) is 14.7. The average molecular weight is 271 g/mol. The predicted octanol–water partition coefficient (Wildman–Crippen LogP) is 4.53. The van der Waals surface area contributed by atoms with Crippen molar-refractivity contribution in [3.8, 4) is 11.1 Å². The molecule has 0 bridgehead atoms. The van der Waals surface area contributed by atoms with E-state index in [0.717, 1.165) is 23.2 Å². The first-order valence-electron chi connectivity index (χ1n) is 7.10. The fourth-order valence-corrected chi connectivity index (χ4v) is 2.74. The van der Waals surface area contributed by atoms with Crippen LogP contribution in [0.2, 0.25) is 0 Å². The molecule has 0 heterocycles. The molecule has 1 nitrogen and oxygen atoms in total. The van der Waals surface area contributed by atoms with Gasteiger partial charge in [0.15, 0.2) is 0 Å². The monoisotopic (exact) mass is 271 g/mol. The van der Waals surface area contributed by atoms with Gasteiger partial charge in [-0.25, -0.2) is 4.39 Å². The van der Waals surface area contributed by atoms with E-state index in [1.165, 1.54) is 16.7 Å². The smallest absolute Gasteiger partial charge is 0.128 e. The Morgan fingerprint density at radius 3 is 2.20 bits per heavy atom. The summed E-state index contributed by atoms with van der Waals surface area (Å²) in [5.74, 6) is -0.136. The fraction of sp³-hybridized carbons (Fsp3) is 0.333. The largest absolute Gasteiger partial charge is 0.313 e. The quantitative estimate of drug-likeness (QED) is 0.861. The van der Waals surface area contributed by atoms with Crippen LogP contribution < -0.4 is 5.32 Å². The van der Waals surface area contributed by atoms with Crippen molar-refractivity contribution < 1.29 is 4.39 Å². The summed E-state index contributed by atoms with van der Waals surface area (Å²) < 4.78 is 14.2. The highest BCUT2D eigenvalue weighted by Crippen LogP contribution is 2.29. The minimum Gasteiger partial charge on any atom is -0.313 e. The third-order valence-corrected chi connectivity index (χ3v) is 3.58. The number of halogens is 1. The van der Waals surface area contributed by atoms with E-state index < -0.39 is 0 Å². The van der Waals surface area contributed by atoms with E-state index >= 15 is 0 Å². The predicted molar refractivity (Wildman–Crippen MR) is 83.4 cm³/mol. The van der Waals surface area contributed by atoms with Crippen LogP contribution in [0.3, 0.4) is 0 Å². The number of hydrogen-bond donors (Lipinski definition) is 1. The second-order valence-corrected chi connectivity index (χ2v) is 5.36. The van der Waals surface area contributed by atoms with Crippen LogP contribution in [0.15, 0.2) is 30.3 Å². The maximum atomic E-state index is 14.2. The molecule has 0 aliphatic carbocycles. The summed E-state index contributed by atoms with van der Waals surface area (Å²) in [6.45, 7) is 9.70. The molecule has 20 heavy (non-hydrogen) atoms. The Balaban J connectivity index is 2.42.